The number of nitrogens with one attached hydrogen (secondary N) is 1. The molecule has 2 rings (SSSR count). The molecule has 0 aromatic carbocycles. The lowest BCUT2D eigenvalue weighted by molar-refractivity contribution is 0.122. The summed E-state index contributed by atoms with van der Waals surface area (Å²) in [7, 11) is 0. The van der Waals surface area contributed by atoms with Gasteiger partial charge in [0.25, 0.3) is 0 Å². The maximum atomic E-state index is 12.0. The van der Waals surface area contributed by atoms with Crippen molar-refractivity contribution >= 4 is 6.09 Å². The highest BCUT2D eigenvalue weighted by Crippen LogP contribution is 2.17. The van der Waals surface area contributed by atoms with Gasteiger partial charge in [-0.2, -0.15) is 0 Å². The summed E-state index contributed by atoms with van der Waals surface area (Å²) in [5.41, 5.74) is 0.948. The fourth-order valence-corrected chi connectivity index (χ4v) is 2.32. The quantitative estimate of drug-likeness (QED) is 0.754. The molecule has 0 unspecified atom stereocenters. The molecule has 0 fully saturated rings. The summed E-state index contributed by atoms with van der Waals surface area (Å²) in [6, 6.07) is 5.87. The molecule has 0 spiro atoms. The summed E-state index contributed by atoms with van der Waals surface area (Å²) in [5, 5.41) is 3.54. The first-order chi connectivity index (χ1) is 11.6. The van der Waals surface area contributed by atoms with Crippen molar-refractivity contribution in [3.8, 4) is 0 Å². The van der Waals surface area contributed by atoms with Gasteiger partial charge in [0.15, 0.2) is 0 Å². The Morgan fingerprint density at radius 3 is 2.83 bits per heavy atom. The summed E-state index contributed by atoms with van der Waals surface area (Å²) >= 11 is 0. The molecule has 6 nitrogen and oxygen atoms in total. The van der Waals surface area contributed by atoms with Crippen LogP contribution in [0.15, 0.2) is 55.8 Å². The van der Waals surface area contributed by atoms with E-state index in [1.165, 1.54) is 10.9 Å². The second-order valence-electron chi connectivity index (χ2n) is 5.90. The summed E-state index contributed by atoms with van der Waals surface area (Å²) in [6.07, 6.45) is 8.48. The molecule has 0 amide bonds. The van der Waals surface area contributed by atoms with Crippen LogP contribution in [0.5, 0.6) is 0 Å². The van der Waals surface area contributed by atoms with Crippen molar-refractivity contribution in [3.05, 3.63) is 61.5 Å². The Kier molecular flexibility index (Phi) is 6.69. The van der Waals surface area contributed by atoms with E-state index in [4.69, 9.17) is 4.74 Å². The second-order valence-corrected chi connectivity index (χ2v) is 5.90. The van der Waals surface area contributed by atoms with Gasteiger partial charge in [0.1, 0.15) is 12.9 Å². The molecule has 2 atom stereocenters. The second kappa shape index (κ2) is 8.98. The Hall–Kier alpha value is -2.47. The van der Waals surface area contributed by atoms with Crippen LogP contribution in [-0.4, -0.2) is 33.3 Å². The van der Waals surface area contributed by atoms with Gasteiger partial charge in [0.05, 0.1) is 11.7 Å². The molecule has 2 aromatic rings. The highest BCUT2D eigenvalue weighted by Gasteiger charge is 2.21. The monoisotopic (exact) mass is 328 g/mol. The molecule has 2 aromatic heterocycles. The number of rotatable bonds is 8. The minimum atomic E-state index is -0.432. The van der Waals surface area contributed by atoms with Crippen molar-refractivity contribution in [2.24, 2.45) is 5.92 Å². The largest absolute Gasteiger partial charge is 0.447 e. The van der Waals surface area contributed by atoms with E-state index < -0.39 is 6.09 Å². The molecule has 0 aliphatic heterocycles. The van der Waals surface area contributed by atoms with Crippen LogP contribution in [0, 0.1) is 5.92 Å². The van der Waals surface area contributed by atoms with Gasteiger partial charge in [0.2, 0.25) is 0 Å². The number of hydrogen-bond acceptors (Lipinski definition) is 5. The third-order valence-electron chi connectivity index (χ3n) is 3.77. The van der Waals surface area contributed by atoms with E-state index in [2.05, 4.69) is 35.7 Å². The van der Waals surface area contributed by atoms with Gasteiger partial charge >= 0.3 is 6.09 Å². The number of pyridine rings is 1. The van der Waals surface area contributed by atoms with Gasteiger partial charge < -0.3 is 10.1 Å². The average Bonchev–Trinajstić information content (AvgIpc) is 3.12. The van der Waals surface area contributed by atoms with Crippen molar-refractivity contribution < 1.29 is 9.53 Å². The molecule has 0 aliphatic carbocycles. The summed E-state index contributed by atoms with van der Waals surface area (Å²) in [4.78, 5) is 20.2. The predicted octanol–water partition coefficient (Wildman–Crippen LogP) is 3.19. The molecule has 0 radical (unpaired) electrons. The van der Waals surface area contributed by atoms with E-state index in [0.717, 1.165) is 12.1 Å². The van der Waals surface area contributed by atoms with Gasteiger partial charge in [-0.25, -0.2) is 14.3 Å². The topological polar surface area (TPSA) is 69.0 Å². The Morgan fingerprint density at radius 2 is 2.25 bits per heavy atom. The molecule has 0 saturated heterocycles. The number of imidazole rings is 1. The van der Waals surface area contributed by atoms with Gasteiger partial charge in [0, 0.05) is 24.6 Å². The molecule has 6 heteroatoms. The number of ether oxygens (including phenoxy) is 1. The zero-order valence-corrected chi connectivity index (χ0v) is 14.1. The number of nitrogens with zero attached hydrogens (tertiary/aromatic N) is 3. The van der Waals surface area contributed by atoms with E-state index in [0.29, 0.717) is 0 Å². The molecule has 24 heavy (non-hydrogen) atoms. The summed E-state index contributed by atoms with van der Waals surface area (Å²) in [5.74, 6) is 0.289. The van der Waals surface area contributed by atoms with Gasteiger partial charge in [-0.15, -0.1) is 6.58 Å². The molecular weight excluding hydrogens is 304 g/mol. The average molecular weight is 328 g/mol. The van der Waals surface area contributed by atoms with Gasteiger partial charge in [-0.05, 0) is 24.5 Å². The number of carbonyl (C=O) groups excluding carboxylic acids is 1. The van der Waals surface area contributed by atoms with E-state index >= 15 is 0 Å². The lowest BCUT2D eigenvalue weighted by atomic mass is 10.0. The van der Waals surface area contributed by atoms with Crippen molar-refractivity contribution in [1.29, 1.82) is 0 Å². The van der Waals surface area contributed by atoms with Crippen LogP contribution in [0.4, 0.5) is 4.79 Å². The van der Waals surface area contributed by atoms with Crippen LogP contribution in [-0.2, 0) is 4.74 Å². The third-order valence-corrected chi connectivity index (χ3v) is 3.77. The minimum Gasteiger partial charge on any atom is -0.447 e. The van der Waals surface area contributed by atoms with E-state index in [1.54, 1.807) is 18.6 Å². The highest BCUT2D eigenvalue weighted by molar-refractivity contribution is 5.69. The van der Waals surface area contributed by atoms with Crippen LogP contribution in [0.25, 0.3) is 0 Å². The maximum Gasteiger partial charge on any atom is 0.419 e. The Morgan fingerprint density at radius 1 is 1.42 bits per heavy atom. The SMILES string of the molecule is C=CC[C@H](N[C@H](COC(=O)n1ccnc1)C(C)C)c1ccccn1. The first-order valence-electron chi connectivity index (χ1n) is 8.04. The van der Waals surface area contributed by atoms with Crippen LogP contribution in [0.2, 0.25) is 0 Å². The standard InChI is InChI=1S/C18H24N4O2/c1-4-7-16(15-8-5-6-9-20-15)21-17(14(2)3)12-24-18(23)22-11-10-19-13-22/h4-6,8-11,13-14,16-17,21H,1,7,12H2,2-3H3/t16-,17+/m0/s1. The highest BCUT2D eigenvalue weighted by atomic mass is 16.5. The Labute approximate surface area is 142 Å². The smallest absolute Gasteiger partial charge is 0.419 e. The zero-order valence-electron chi connectivity index (χ0n) is 14.1. The number of aromatic nitrogens is 3. The van der Waals surface area contributed by atoms with Crippen molar-refractivity contribution in [2.75, 3.05) is 6.61 Å². The van der Waals surface area contributed by atoms with E-state index in [9.17, 15) is 4.79 Å². The fourth-order valence-electron chi connectivity index (χ4n) is 2.32. The predicted molar refractivity (Wildman–Crippen MR) is 92.5 cm³/mol. The fraction of sp³-hybridized carbons (Fsp3) is 0.389. The van der Waals surface area contributed by atoms with Crippen molar-refractivity contribution in [3.63, 3.8) is 0 Å². The van der Waals surface area contributed by atoms with E-state index in [-0.39, 0.29) is 24.6 Å². The normalized spacial score (nSPS) is 13.5. The number of carbonyl (C=O) groups is 1. The minimum absolute atomic E-state index is 0.00410. The molecule has 0 saturated carbocycles. The van der Waals surface area contributed by atoms with Crippen LogP contribution in [0.1, 0.15) is 32.0 Å². The van der Waals surface area contributed by atoms with Crippen molar-refractivity contribution in [1.82, 2.24) is 19.9 Å². The third kappa shape index (κ3) is 5.03. The molecule has 0 bridgehead atoms. The maximum absolute atomic E-state index is 12.0. The van der Waals surface area contributed by atoms with Crippen molar-refractivity contribution in [2.45, 2.75) is 32.4 Å². The lowest BCUT2D eigenvalue weighted by Crippen LogP contribution is -2.41. The van der Waals surface area contributed by atoms with E-state index in [1.807, 2.05) is 24.3 Å². The lowest BCUT2D eigenvalue weighted by Gasteiger charge is -2.27. The van der Waals surface area contributed by atoms with Gasteiger partial charge in [-0.3, -0.25) is 4.98 Å². The van der Waals surface area contributed by atoms with Crippen LogP contribution in [0.3, 0.4) is 0 Å². The Balaban J connectivity index is 2.00. The summed E-state index contributed by atoms with van der Waals surface area (Å²) in [6.45, 7) is 8.27. The van der Waals surface area contributed by atoms with Gasteiger partial charge in [-0.1, -0.05) is 26.0 Å². The Bertz CT molecular complexity index is 626. The number of hydrogen-bond donors (Lipinski definition) is 1. The zero-order chi connectivity index (χ0) is 17.4. The molecule has 128 valence electrons. The molecule has 1 N–H and O–H groups in total. The first kappa shape index (κ1) is 17.9. The van der Waals surface area contributed by atoms with Crippen LogP contribution >= 0.6 is 0 Å². The first-order valence-corrected chi connectivity index (χ1v) is 8.04. The summed E-state index contributed by atoms with van der Waals surface area (Å²) < 4.78 is 6.72. The molecular formula is C18H24N4O2. The molecule has 2 heterocycles. The molecule has 0 aliphatic rings. The van der Waals surface area contributed by atoms with Crippen LogP contribution < -0.4 is 5.32 Å².